The summed E-state index contributed by atoms with van der Waals surface area (Å²) in [6, 6.07) is 0.516. The van der Waals surface area contributed by atoms with Crippen LogP contribution in [0.1, 0.15) is 6.42 Å². The minimum Gasteiger partial charge on any atom is -0.380 e. The van der Waals surface area contributed by atoms with E-state index in [2.05, 4.69) is 18.5 Å². The average molecular weight is 141 g/mol. The number of ether oxygens (including phenoxy) is 1. The molecule has 10 heavy (non-hydrogen) atoms. The molecule has 0 aromatic rings. The summed E-state index contributed by atoms with van der Waals surface area (Å²) >= 11 is 0. The molecule has 1 fully saturated rings. The summed E-state index contributed by atoms with van der Waals surface area (Å²) < 4.78 is 5.31. The minimum atomic E-state index is 0.516. The molecule has 0 radical (unpaired) electrons. The van der Waals surface area contributed by atoms with Crippen LogP contribution in [-0.2, 0) is 4.74 Å². The third kappa shape index (κ3) is 1.82. The predicted molar refractivity (Wildman–Crippen MR) is 42.1 cm³/mol. The van der Waals surface area contributed by atoms with Gasteiger partial charge >= 0.3 is 0 Å². The molecule has 1 unspecified atom stereocenters. The molecule has 0 N–H and O–H groups in total. The SMILES string of the molecule is C=CC1CCOCCN1C. The zero-order valence-corrected chi connectivity index (χ0v) is 6.55. The maximum absolute atomic E-state index is 5.31. The van der Waals surface area contributed by atoms with Crippen molar-refractivity contribution in [3.05, 3.63) is 12.7 Å². The molecule has 2 nitrogen and oxygen atoms in total. The van der Waals surface area contributed by atoms with E-state index in [0.29, 0.717) is 6.04 Å². The second-order valence-electron chi connectivity index (χ2n) is 2.68. The molecule has 0 aliphatic carbocycles. The van der Waals surface area contributed by atoms with Crippen molar-refractivity contribution in [2.75, 3.05) is 26.8 Å². The van der Waals surface area contributed by atoms with Gasteiger partial charge in [0, 0.05) is 19.2 Å². The predicted octanol–water partition coefficient (Wildman–Crippen LogP) is 0.893. The first-order valence-corrected chi connectivity index (χ1v) is 3.75. The van der Waals surface area contributed by atoms with Crippen LogP contribution in [0.2, 0.25) is 0 Å². The molecule has 0 spiro atoms. The first-order chi connectivity index (χ1) is 4.84. The zero-order chi connectivity index (χ0) is 7.40. The summed E-state index contributed by atoms with van der Waals surface area (Å²) in [6.07, 6.45) is 3.08. The maximum atomic E-state index is 5.31. The molecule has 1 rings (SSSR count). The van der Waals surface area contributed by atoms with Crippen molar-refractivity contribution in [3.8, 4) is 0 Å². The lowest BCUT2D eigenvalue weighted by Gasteiger charge is -2.20. The lowest BCUT2D eigenvalue weighted by Crippen LogP contribution is -2.30. The summed E-state index contributed by atoms with van der Waals surface area (Å²) in [5.74, 6) is 0. The van der Waals surface area contributed by atoms with Gasteiger partial charge in [-0.15, -0.1) is 6.58 Å². The van der Waals surface area contributed by atoms with Crippen LogP contribution in [0.5, 0.6) is 0 Å². The number of likely N-dealkylation sites (N-methyl/N-ethyl adjacent to an activating group) is 1. The summed E-state index contributed by atoms with van der Waals surface area (Å²) in [4.78, 5) is 2.28. The standard InChI is InChI=1S/C8H15NO/c1-3-8-4-6-10-7-5-9(8)2/h3,8H,1,4-7H2,2H3. The Morgan fingerprint density at radius 1 is 1.60 bits per heavy atom. The maximum Gasteiger partial charge on any atom is 0.0593 e. The molecule has 0 bridgehead atoms. The normalized spacial score (nSPS) is 29.5. The lowest BCUT2D eigenvalue weighted by molar-refractivity contribution is 0.144. The average Bonchev–Trinajstić information content (AvgIpc) is 2.13. The quantitative estimate of drug-likeness (QED) is 0.503. The summed E-state index contributed by atoms with van der Waals surface area (Å²) in [7, 11) is 2.11. The molecule has 0 aromatic carbocycles. The van der Waals surface area contributed by atoms with Gasteiger partial charge in [-0.1, -0.05) is 6.08 Å². The van der Waals surface area contributed by atoms with Crippen LogP contribution in [0.3, 0.4) is 0 Å². The van der Waals surface area contributed by atoms with Gasteiger partial charge in [0.15, 0.2) is 0 Å². The molecule has 1 saturated heterocycles. The van der Waals surface area contributed by atoms with Crippen LogP contribution >= 0.6 is 0 Å². The third-order valence-corrected chi connectivity index (χ3v) is 1.98. The first-order valence-electron chi connectivity index (χ1n) is 3.75. The van der Waals surface area contributed by atoms with E-state index in [9.17, 15) is 0 Å². The molecular formula is C8H15NO. The van der Waals surface area contributed by atoms with Crippen molar-refractivity contribution >= 4 is 0 Å². The molecule has 0 amide bonds. The van der Waals surface area contributed by atoms with Crippen molar-refractivity contribution in [1.29, 1.82) is 0 Å². The van der Waals surface area contributed by atoms with Gasteiger partial charge in [0.2, 0.25) is 0 Å². The summed E-state index contributed by atoms with van der Waals surface area (Å²) in [5, 5.41) is 0. The van der Waals surface area contributed by atoms with Gasteiger partial charge in [0.05, 0.1) is 6.61 Å². The Labute approximate surface area is 62.5 Å². The van der Waals surface area contributed by atoms with E-state index in [-0.39, 0.29) is 0 Å². The van der Waals surface area contributed by atoms with Crippen LogP contribution in [0.15, 0.2) is 12.7 Å². The van der Waals surface area contributed by atoms with Crippen molar-refractivity contribution in [3.63, 3.8) is 0 Å². The minimum absolute atomic E-state index is 0.516. The molecule has 0 aromatic heterocycles. The number of nitrogens with zero attached hydrogens (tertiary/aromatic N) is 1. The Balaban J connectivity index is 2.43. The van der Waals surface area contributed by atoms with Gasteiger partial charge < -0.3 is 4.74 Å². The Hall–Kier alpha value is -0.340. The molecular weight excluding hydrogens is 126 g/mol. The third-order valence-electron chi connectivity index (χ3n) is 1.98. The molecule has 0 saturated carbocycles. The van der Waals surface area contributed by atoms with E-state index in [0.717, 1.165) is 26.2 Å². The lowest BCUT2D eigenvalue weighted by atomic mass is 10.2. The van der Waals surface area contributed by atoms with Gasteiger partial charge in [-0.2, -0.15) is 0 Å². The van der Waals surface area contributed by atoms with E-state index in [4.69, 9.17) is 4.74 Å². The van der Waals surface area contributed by atoms with Crippen molar-refractivity contribution in [2.45, 2.75) is 12.5 Å². The Bertz CT molecular complexity index is 114. The first kappa shape index (κ1) is 7.76. The molecule has 1 heterocycles. The van der Waals surface area contributed by atoms with Crippen LogP contribution in [-0.4, -0.2) is 37.7 Å². The molecule has 1 atom stereocenters. The fraction of sp³-hybridized carbons (Fsp3) is 0.750. The smallest absolute Gasteiger partial charge is 0.0593 e. The van der Waals surface area contributed by atoms with Gasteiger partial charge in [-0.3, -0.25) is 4.90 Å². The van der Waals surface area contributed by atoms with E-state index in [1.165, 1.54) is 0 Å². The fourth-order valence-corrected chi connectivity index (χ4v) is 1.20. The summed E-state index contributed by atoms with van der Waals surface area (Å²) in [5.41, 5.74) is 0. The van der Waals surface area contributed by atoms with Crippen LogP contribution in [0, 0.1) is 0 Å². The Morgan fingerprint density at radius 2 is 2.40 bits per heavy atom. The largest absolute Gasteiger partial charge is 0.380 e. The van der Waals surface area contributed by atoms with Crippen LogP contribution in [0.4, 0.5) is 0 Å². The number of rotatable bonds is 1. The topological polar surface area (TPSA) is 12.5 Å². The van der Waals surface area contributed by atoms with Crippen molar-refractivity contribution in [2.24, 2.45) is 0 Å². The number of hydrogen-bond acceptors (Lipinski definition) is 2. The van der Waals surface area contributed by atoms with E-state index in [1.807, 2.05) is 6.08 Å². The highest BCUT2D eigenvalue weighted by Gasteiger charge is 2.13. The molecule has 58 valence electrons. The number of hydrogen-bond donors (Lipinski definition) is 0. The van der Waals surface area contributed by atoms with E-state index >= 15 is 0 Å². The summed E-state index contributed by atoms with van der Waals surface area (Å²) in [6.45, 7) is 6.54. The van der Waals surface area contributed by atoms with Gasteiger partial charge in [0.25, 0.3) is 0 Å². The highest BCUT2D eigenvalue weighted by atomic mass is 16.5. The van der Waals surface area contributed by atoms with Crippen LogP contribution in [0.25, 0.3) is 0 Å². The van der Waals surface area contributed by atoms with Crippen LogP contribution < -0.4 is 0 Å². The Morgan fingerprint density at radius 3 is 3.10 bits per heavy atom. The van der Waals surface area contributed by atoms with E-state index in [1.54, 1.807) is 0 Å². The molecule has 1 aliphatic heterocycles. The molecule has 1 aliphatic rings. The van der Waals surface area contributed by atoms with Gasteiger partial charge in [-0.25, -0.2) is 0 Å². The second kappa shape index (κ2) is 3.74. The van der Waals surface area contributed by atoms with Gasteiger partial charge in [0.1, 0.15) is 0 Å². The molecule has 2 heteroatoms. The van der Waals surface area contributed by atoms with Crippen molar-refractivity contribution in [1.82, 2.24) is 4.90 Å². The van der Waals surface area contributed by atoms with Gasteiger partial charge in [-0.05, 0) is 13.5 Å². The van der Waals surface area contributed by atoms with Crippen molar-refractivity contribution < 1.29 is 4.74 Å². The zero-order valence-electron chi connectivity index (χ0n) is 6.55. The Kier molecular flexibility index (Phi) is 2.90. The highest BCUT2D eigenvalue weighted by Crippen LogP contribution is 2.06. The fourth-order valence-electron chi connectivity index (χ4n) is 1.20. The van der Waals surface area contributed by atoms with E-state index < -0.39 is 0 Å². The highest BCUT2D eigenvalue weighted by molar-refractivity contribution is 4.87. The second-order valence-corrected chi connectivity index (χ2v) is 2.68. The monoisotopic (exact) mass is 141 g/mol.